The van der Waals surface area contributed by atoms with Crippen LogP contribution >= 0.6 is 11.3 Å². The number of ether oxygens (including phenoxy) is 4. The maximum atomic E-state index is 13.8. The first-order valence-electron chi connectivity index (χ1n) is 12.1. The number of rotatable bonds is 11. The predicted octanol–water partition coefficient (Wildman–Crippen LogP) is 4.47. The molecule has 2 heterocycles. The van der Waals surface area contributed by atoms with Crippen LogP contribution in [-0.2, 0) is 4.74 Å². The summed E-state index contributed by atoms with van der Waals surface area (Å²) in [6.45, 7) is 9.67. The molecule has 1 saturated heterocycles. The van der Waals surface area contributed by atoms with E-state index in [1.165, 1.54) is 11.3 Å². The SMILES string of the molecule is CCOc1ccc(C(=O)N(CCCN2CCOCC2)c2nc3ccc(OC)cc3s2)cc1OCC. The Labute approximate surface area is 210 Å². The van der Waals surface area contributed by atoms with Crippen LogP contribution in [0.4, 0.5) is 5.13 Å². The van der Waals surface area contributed by atoms with Crippen molar-refractivity contribution in [2.24, 2.45) is 0 Å². The van der Waals surface area contributed by atoms with Crippen LogP contribution in [0, 0.1) is 0 Å². The molecule has 0 bridgehead atoms. The molecule has 1 aromatic heterocycles. The number of methoxy groups -OCH3 is 1. The molecule has 0 unspecified atom stereocenters. The van der Waals surface area contributed by atoms with Gasteiger partial charge in [-0.05, 0) is 56.7 Å². The summed E-state index contributed by atoms with van der Waals surface area (Å²) in [7, 11) is 1.65. The first-order valence-corrected chi connectivity index (χ1v) is 12.9. The largest absolute Gasteiger partial charge is 0.497 e. The van der Waals surface area contributed by atoms with Crippen molar-refractivity contribution in [3.63, 3.8) is 0 Å². The van der Waals surface area contributed by atoms with E-state index in [4.69, 9.17) is 23.9 Å². The molecule has 9 heteroatoms. The van der Waals surface area contributed by atoms with E-state index in [1.54, 1.807) is 30.2 Å². The third-order valence-corrected chi connectivity index (χ3v) is 6.85. The molecule has 0 spiro atoms. The zero-order chi connectivity index (χ0) is 24.6. The number of aromatic nitrogens is 1. The van der Waals surface area contributed by atoms with E-state index in [0.29, 0.717) is 42.0 Å². The zero-order valence-electron chi connectivity index (χ0n) is 20.6. The molecule has 0 aliphatic carbocycles. The minimum atomic E-state index is -0.109. The van der Waals surface area contributed by atoms with Crippen molar-refractivity contribution in [2.75, 3.05) is 64.6 Å². The quantitative estimate of drug-likeness (QED) is 0.385. The molecular weight excluding hydrogens is 466 g/mol. The van der Waals surface area contributed by atoms with E-state index in [1.807, 2.05) is 32.0 Å². The highest BCUT2D eigenvalue weighted by atomic mass is 32.1. The maximum absolute atomic E-state index is 13.8. The first-order chi connectivity index (χ1) is 17.1. The van der Waals surface area contributed by atoms with Crippen LogP contribution in [0.3, 0.4) is 0 Å². The maximum Gasteiger partial charge on any atom is 0.260 e. The number of hydrogen-bond donors (Lipinski definition) is 0. The van der Waals surface area contributed by atoms with E-state index in [0.717, 1.165) is 55.2 Å². The predicted molar refractivity (Wildman–Crippen MR) is 139 cm³/mol. The van der Waals surface area contributed by atoms with Gasteiger partial charge in [0.2, 0.25) is 0 Å². The van der Waals surface area contributed by atoms with Gasteiger partial charge in [0.1, 0.15) is 5.75 Å². The Morgan fingerprint density at radius 3 is 2.60 bits per heavy atom. The van der Waals surface area contributed by atoms with Gasteiger partial charge in [0.05, 0.1) is 43.8 Å². The molecule has 0 saturated carbocycles. The molecule has 3 aromatic rings. The van der Waals surface area contributed by atoms with E-state index in [9.17, 15) is 4.79 Å². The highest BCUT2D eigenvalue weighted by Gasteiger charge is 2.23. The lowest BCUT2D eigenvalue weighted by Crippen LogP contribution is -2.39. The lowest BCUT2D eigenvalue weighted by molar-refractivity contribution is 0.0376. The minimum Gasteiger partial charge on any atom is -0.497 e. The number of thiazole rings is 1. The molecule has 0 radical (unpaired) electrons. The summed E-state index contributed by atoms with van der Waals surface area (Å²) in [4.78, 5) is 22.7. The molecule has 1 aliphatic heterocycles. The number of nitrogens with zero attached hydrogens (tertiary/aromatic N) is 3. The Balaban J connectivity index is 1.61. The van der Waals surface area contributed by atoms with Gasteiger partial charge in [-0.3, -0.25) is 14.6 Å². The summed E-state index contributed by atoms with van der Waals surface area (Å²) < 4.78 is 23.2. The number of carbonyl (C=O) groups is 1. The molecule has 1 aliphatic rings. The molecular formula is C26H33N3O5S. The van der Waals surface area contributed by atoms with E-state index >= 15 is 0 Å². The lowest BCUT2D eigenvalue weighted by Gasteiger charge is -2.27. The fourth-order valence-electron chi connectivity index (χ4n) is 4.04. The summed E-state index contributed by atoms with van der Waals surface area (Å²) in [6.07, 6.45) is 0.834. The summed E-state index contributed by atoms with van der Waals surface area (Å²) in [6, 6.07) is 11.1. The Bertz CT molecular complexity index is 1130. The Morgan fingerprint density at radius 1 is 1.09 bits per heavy atom. The molecule has 8 nitrogen and oxygen atoms in total. The van der Waals surface area contributed by atoms with E-state index in [2.05, 4.69) is 4.90 Å². The molecule has 0 N–H and O–H groups in total. The monoisotopic (exact) mass is 499 g/mol. The van der Waals surface area contributed by atoms with Gasteiger partial charge < -0.3 is 18.9 Å². The van der Waals surface area contributed by atoms with Crippen molar-refractivity contribution in [2.45, 2.75) is 20.3 Å². The fraction of sp³-hybridized carbons (Fsp3) is 0.462. The van der Waals surface area contributed by atoms with Crippen molar-refractivity contribution >= 4 is 32.6 Å². The van der Waals surface area contributed by atoms with Crippen LogP contribution in [0.2, 0.25) is 0 Å². The average molecular weight is 500 g/mol. The third-order valence-electron chi connectivity index (χ3n) is 5.81. The van der Waals surface area contributed by atoms with Gasteiger partial charge in [0.15, 0.2) is 16.6 Å². The summed E-state index contributed by atoms with van der Waals surface area (Å²) in [5, 5.41) is 0.673. The molecule has 0 atom stereocenters. The molecule has 35 heavy (non-hydrogen) atoms. The van der Waals surface area contributed by atoms with Crippen LogP contribution in [0.25, 0.3) is 10.2 Å². The fourth-order valence-corrected chi connectivity index (χ4v) is 5.05. The van der Waals surface area contributed by atoms with Crippen LogP contribution in [0.5, 0.6) is 17.2 Å². The Hall–Kier alpha value is -2.88. The van der Waals surface area contributed by atoms with E-state index in [-0.39, 0.29) is 5.91 Å². The smallest absolute Gasteiger partial charge is 0.260 e. The molecule has 1 amide bonds. The number of benzene rings is 2. The van der Waals surface area contributed by atoms with Gasteiger partial charge >= 0.3 is 0 Å². The van der Waals surface area contributed by atoms with Gasteiger partial charge in [0, 0.05) is 31.7 Å². The van der Waals surface area contributed by atoms with E-state index < -0.39 is 0 Å². The third kappa shape index (κ3) is 6.22. The van der Waals surface area contributed by atoms with Crippen molar-refractivity contribution in [1.29, 1.82) is 0 Å². The molecule has 2 aromatic carbocycles. The number of amides is 1. The van der Waals surface area contributed by atoms with Gasteiger partial charge in [-0.1, -0.05) is 11.3 Å². The van der Waals surface area contributed by atoms with Crippen LogP contribution in [0.1, 0.15) is 30.6 Å². The van der Waals surface area contributed by atoms with Crippen molar-refractivity contribution in [1.82, 2.24) is 9.88 Å². The number of carbonyl (C=O) groups excluding carboxylic acids is 1. The highest BCUT2D eigenvalue weighted by Crippen LogP contribution is 2.34. The number of fused-ring (bicyclic) bond motifs is 1. The van der Waals surface area contributed by atoms with Gasteiger partial charge in [-0.25, -0.2) is 4.98 Å². The van der Waals surface area contributed by atoms with Gasteiger partial charge in [0.25, 0.3) is 5.91 Å². The number of hydrogen-bond acceptors (Lipinski definition) is 8. The van der Waals surface area contributed by atoms with Crippen LogP contribution in [0.15, 0.2) is 36.4 Å². The lowest BCUT2D eigenvalue weighted by atomic mass is 10.1. The molecule has 188 valence electrons. The number of anilines is 1. The second kappa shape index (κ2) is 12.2. The molecule has 4 rings (SSSR count). The second-order valence-electron chi connectivity index (χ2n) is 8.12. The first kappa shape index (κ1) is 25.2. The number of morpholine rings is 1. The summed E-state index contributed by atoms with van der Waals surface area (Å²) in [5.41, 5.74) is 1.39. The summed E-state index contributed by atoms with van der Waals surface area (Å²) >= 11 is 1.49. The van der Waals surface area contributed by atoms with Crippen molar-refractivity contribution < 1.29 is 23.7 Å². The average Bonchev–Trinajstić information content (AvgIpc) is 3.31. The Kier molecular flexibility index (Phi) is 8.79. The van der Waals surface area contributed by atoms with Crippen molar-refractivity contribution in [3.8, 4) is 17.2 Å². The summed E-state index contributed by atoms with van der Waals surface area (Å²) in [5.74, 6) is 1.87. The van der Waals surface area contributed by atoms with Crippen LogP contribution < -0.4 is 19.1 Å². The minimum absolute atomic E-state index is 0.109. The standard InChI is InChI=1S/C26H33N3O5S/c1-4-33-22-10-7-19(17-23(22)34-5-2)25(30)29(12-6-11-28-13-15-32-16-14-28)26-27-21-9-8-20(31-3)18-24(21)35-26/h7-10,17-18H,4-6,11-16H2,1-3H3. The Morgan fingerprint density at radius 2 is 1.86 bits per heavy atom. The normalized spacial score (nSPS) is 14.1. The van der Waals surface area contributed by atoms with Gasteiger partial charge in [-0.15, -0.1) is 0 Å². The molecule has 1 fully saturated rings. The zero-order valence-corrected chi connectivity index (χ0v) is 21.4. The van der Waals surface area contributed by atoms with Gasteiger partial charge in [-0.2, -0.15) is 0 Å². The second-order valence-corrected chi connectivity index (χ2v) is 9.13. The van der Waals surface area contributed by atoms with Crippen LogP contribution in [-0.4, -0.2) is 75.5 Å². The topological polar surface area (TPSA) is 73.4 Å². The highest BCUT2D eigenvalue weighted by molar-refractivity contribution is 7.22. The van der Waals surface area contributed by atoms with Crippen molar-refractivity contribution in [3.05, 3.63) is 42.0 Å².